The maximum absolute atomic E-state index is 13.3. The van der Waals surface area contributed by atoms with Crippen LogP contribution in [0.4, 0.5) is 13.2 Å². The van der Waals surface area contributed by atoms with Gasteiger partial charge < -0.3 is 9.84 Å². The van der Waals surface area contributed by atoms with Crippen LogP contribution in [0.2, 0.25) is 0 Å². The van der Waals surface area contributed by atoms with Crippen molar-refractivity contribution in [1.82, 2.24) is 5.01 Å². The lowest BCUT2D eigenvalue weighted by Crippen LogP contribution is -2.56. The molecular formula is C22H21F3N2O3. The smallest absolute Gasteiger partial charge is 0.438 e. The first kappa shape index (κ1) is 20.4. The lowest BCUT2D eigenvalue weighted by atomic mass is 10.1. The number of fused-ring (bicyclic) bond motifs is 1. The Hall–Kier alpha value is -2.87. The van der Waals surface area contributed by atoms with Gasteiger partial charge in [-0.25, -0.2) is 0 Å². The number of benzene rings is 2. The second-order valence-corrected chi connectivity index (χ2v) is 7.71. The maximum atomic E-state index is 13.3. The first-order valence-corrected chi connectivity index (χ1v) is 9.69. The molecule has 1 unspecified atom stereocenters. The van der Waals surface area contributed by atoms with Gasteiger partial charge in [0.2, 0.25) is 0 Å². The molecule has 0 aromatic heterocycles. The minimum Gasteiger partial charge on any atom is -0.489 e. The summed E-state index contributed by atoms with van der Waals surface area (Å²) >= 11 is 0. The number of hydrogen-bond acceptors (Lipinski definition) is 4. The largest absolute Gasteiger partial charge is 0.489 e. The van der Waals surface area contributed by atoms with E-state index >= 15 is 0 Å². The first-order valence-electron chi connectivity index (χ1n) is 9.69. The molecule has 4 rings (SSSR count). The number of halogens is 3. The molecule has 0 spiro atoms. The third-order valence-corrected chi connectivity index (χ3v) is 5.45. The van der Waals surface area contributed by atoms with Crippen LogP contribution >= 0.6 is 0 Å². The highest BCUT2D eigenvalue weighted by Crippen LogP contribution is 2.40. The fraction of sp³-hybridized carbons (Fsp3) is 0.364. The molecule has 2 aromatic carbocycles. The van der Waals surface area contributed by atoms with E-state index in [0.29, 0.717) is 0 Å². The number of hydrogen-bond donors (Lipinski definition) is 1. The van der Waals surface area contributed by atoms with Crippen molar-refractivity contribution >= 4 is 11.6 Å². The number of carbonyl (C=O) groups is 1. The van der Waals surface area contributed by atoms with Gasteiger partial charge in [0.15, 0.2) is 0 Å². The van der Waals surface area contributed by atoms with E-state index in [1.54, 1.807) is 12.1 Å². The summed E-state index contributed by atoms with van der Waals surface area (Å²) in [5.74, 6) is -0.259. The second-order valence-electron chi connectivity index (χ2n) is 7.71. The van der Waals surface area contributed by atoms with Gasteiger partial charge in [0.25, 0.3) is 11.6 Å². The molecule has 1 heterocycles. The average Bonchev–Trinajstić information content (AvgIpc) is 3.29. The van der Waals surface area contributed by atoms with Crippen LogP contribution in [0.25, 0.3) is 0 Å². The van der Waals surface area contributed by atoms with Crippen LogP contribution in [0, 0.1) is 0 Å². The number of rotatable bonds is 4. The third kappa shape index (κ3) is 3.67. The van der Waals surface area contributed by atoms with Gasteiger partial charge in [-0.2, -0.15) is 23.3 Å². The predicted molar refractivity (Wildman–Crippen MR) is 104 cm³/mol. The highest BCUT2D eigenvalue weighted by atomic mass is 19.4. The Bertz CT molecular complexity index is 1000. The summed E-state index contributed by atoms with van der Waals surface area (Å²) in [6.07, 6.45) is -2.50. The Kier molecular flexibility index (Phi) is 5.05. The highest BCUT2D eigenvalue weighted by molar-refractivity contribution is 5.97. The maximum Gasteiger partial charge on any atom is 0.438 e. The van der Waals surface area contributed by atoms with Crippen molar-refractivity contribution in [2.45, 2.75) is 51.1 Å². The van der Waals surface area contributed by atoms with E-state index in [-0.39, 0.29) is 22.9 Å². The first-order chi connectivity index (χ1) is 14.2. The van der Waals surface area contributed by atoms with E-state index in [9.17, 15) is 23.1 Å². The van der Waals surface area contributed by atoms with E-state index in [4.69, 9.17) is 4.74 Å². The van der Waals surface area contributed by atoms with Gasteiger partial charge in [-0.15, -0.1) is 0 Å². The molecule has 0 bridgehead atoms. The summed E-state index contributed by atoms with van der Waals surface area (Å²) in [5, 5.41) is 13.8. The lowest BCUT2D eigenvalue weighted by Gasteiger charge is -2.32. The number of nitrogens with zero attached hydrogens (tertiary/aromatic N) is 2. The molecule has 0 radical (unpaired) electrons. The predicted octanol–water partition coefficient (Wildman–Crippen LogP) is 4.23. The van der Waals surface area contributed by atoms with E-state index in [1.807, 2.05) is 12.1 Å². The van der Waals surface area contributed by atoms with Crippen LogP contribution < -0.4 is 4.74 Å². The summed E-state index contributed by atoms with van der Waals surface area (Å²) in [4.78, 5) is 12.6. The van der Waals surface area contributed by atoms with Crippen molar-refractivity contribution in [3.63, 3.8) is 0 Å². The molecule has 1 atom stereocenters. The number of aryl methyl sites for hydroxylation is 2. The number of amides is 1. The van der Waals surface area contributed by atoms with Gasteiger partial charge in [-0.05, 0) is 67.1 Å². The minimum atomic E-state index is -5.02. The van der Waals surface area contributed by atoms with Crippen LogP contribution in [0.3, 0.4) is 0 Å². The van der Waals surface area contributed by atoms with Crippen LogP contribution in [-0.2, 0) is 19.4 Å². The molecular weight excluding hydrogens is 397 g/mol. The van der Waals surface area contributed by atoms with Gasteiger partial charge in [0, 0.05) is 17.7 Å². The molecule has 0 fully saturated rings. The molecule has 5 nitrogen and oxygen atoms in total. The minimum absolute atomic E-state index is 0.00240. The molecule has 1 amide bonds. The van der Waals surface area contributed by atoms with E-state index < -0.39 is 24.2 Å². The number of hydrazone groups is 1. The quantitative estimate of drug-likeness (QED) is 0.809. The molecule has 30 heavy (non-hydrogen) atoms. The molecule has 1 N–H and O–H groups in total. The fourth-order valence-electron chi connectivity index (χ4n) is 3.82. The van der Waals surface area contributed by atoms with Gasteiger partial charge in [-0.1, -0.05) is 18.2 Å². The molecule has 2 aromatic rings. The standard InChI is InChI=1S/C22H21F3N2O3/c1-14-12-21(29,22(23,24)25)27(26-14)20(28)17-7-5-15(6-8-17)13-30-19-10-9-16-3-2-4-18(16)11-19/h5-11,29H,2-4,12-13H2,1H3. The summed E-state index contributed by atoms with van der Waals surface area (Å²) in [6.45, 7) is 1.60. The number of aliphatic hydroxyl groups is 1. The Morgan fingerprint density at radius 2 is 1.87 bits per heavy atom. The Morgan fingerprint density at radius 1 is 1.17 bits per heavy atom. The van der Waals surface area contributed by atoms with E-state index in [2.05, 4.69) is 11.2 Å². The van der Waals surface area contributed by atoms with Crippen molar-refractivity contribution in [3.05, 3.63) is 64.7 Å². The number of ether oxygens (including phenoxy) is 1. The Balaban J connectivity index is 1.45. The van der Waals surface area contributed by atoms with Crippen LogP contribution in [0.15, 0.2) is 47.6 Å². The molecule has 0 saturated heterocycles. The van der Waals surface area contributed by atoms with Crippen molar-refractivity contribution in [1.29, 1.82) is 0 Å². The SMILES string of the molecule is CC1=NN(C(=O)c2ccc(COc3ccc4c(c3)CCC4)cc2)C(O)(C(F)(F)F)C1. The highest BCUT2D eigenvalue weighted by Gasteiger charge is 2.62. The van der Waals surface area contributed by atoms with Crippen LogP contribution in [0.1, 0.15) is 46.8 Å². The molecule has 158 valence electrons. The van der Waals surface area contributed by atoms with Crippen molar-refractivity contribution in [2.75, 3.05) is 0 Å². The number of carbonyl (C=O) groups excluding carboxylic acids is 1. The molecule has 8 heteroatoms. The molecule has 2 aliphatic rings. The number of alkyl halides is 3. The Morgan fingerprint density at radius 3 is 2.57 bits per heavy atom. The topological polar surface area (TPSA) is 62.1 Å². The monoisotopic (exact) mass is 418 g/mol. The van der Waals surface area contributed by atoms with Crippen LogP contribution in [0.5, 0.6) is 5.75 Å². The zero-order valence-corrected chi connectivity index (χ0v) is 16.4. The van der Waals surface area contributed by atoms with Gasteiger partial charge >= 0.3 is 6.18 Å². The Labute approximate surface area is 171 Å². The molecule has 1 aliphatic carbocycles. The normalized spacial score (nSPS) is 20.8. The summed E-state index contributed by atoms with van der Waals surface area (Å²) in [7, 11) is 0. The van der Waals surface area contributed by atoms with Gasteiger partial charge in [0.1, 0.15) is 12.4 Å². The zero-order chi connectivity index (χ0) is 21.5. The molecule has 0 saturated carbocycles. The van der Waals surface area contributed by atoms with Crippen LogP contribution in [-0.4, -0.2) is 33.6 Å². The van der Waals surface area contributed by atoms with Gasteiger partial charge in [0.05, 0.1) is 0 Å². The van der Waals surface area contributed by atoms with Gasteiger partial charge in [-0.3, -0.25) is 4.79 Å². The summed E-state index contributed by atoms with van der Waals surface area (Å²) in [5.41, 5.74) is 0.110. The van der Waals surface area contributed by atoms with Crippen molar-refractivity contribution in [2.24, 2.45) is 5.10 Å². The van der Waals surface area contributed by atoms with E-state index in [1.165, 1.54) is 30.2 Å². The van der Waals surface area contributed by atoms with Crippen molar-refractivity contribution in [3.8, 4) is 5.75 Å². The zero-order valence-electron chi connectivity index (χ0n) is 16.4. The third-order valence-electron chi connectivity index (χ3n) is 5.45. The average molecular weight is 418 g/mol. The van der Waals surface area contributed by atoms with E-state index in [0.717, 1.165) is 30.6 Å². The second kappa shape index (κ2) is 7.43. The summed E-state index contributed by atoms with van der Waals surface area (Å²) in [6, 6.07) is 12.1. The molecule has 1 aliphatic heterocycles. The van der Waals surface area contributed by atoms with Crippen molar-refractivity contribution < 1.29 is 27.8 Å². The lowest BCUT2D eigenvalue weighted by molar-refractivity contribution is -0.297. The fourth-order valence-corrected chi connectivity index (χ4v) is 3.82. The summed E-state index contributed by atoms with van der Waals surface area (Å²) < 4.78 is 45.8.